The first-order valence-corrected chi connectivity index (χ1v) is 8.50. The fourth-order valence-electron chi connectivity index (χ4n) is 2.93. The highest BCUT2D eigenvalue weighted by molar-refractivity contribution is 8.18. The van der Waals surface area contributed by atoms with E-state index in [9.17, 15) is 14.7 Å². The number of nitrogens with zero attached hydrogens (tertiary/aromatic N) is 1. The van der Waals surface area contributed by atoms with E-state index < -0.39 is 12.0 Å². The Hall–Kier alpha value is -2.02. The van der Waals surface area contributed by atoms with E-state index in [1.54, 1.807) is 18.2 Å². The van der Waals surface area contributed by atoms with Crippen molar-refractivity contribution in [3.8, 4) is 0 Å². The van der Waals surface area contributed by atoms with Crippen molar-refractivity contribution in [3.63, 3.8) is 0 Å². The lowest BCUT2D eigenvalue weighted by Crippen LogP contribution is -2.32. The zero-order chi connectivity index (χ0) is 16.2. The fraction of sp³-hybridized carbons (Fsp3) is 0.438. The Labute approximate surface area is 138 Å². The molecule has 122 valence electrons. The van der Waals surface area contributed by atoms with Gasteiger partial charge in [-0.15, -0.1) is 0 Å². The van der Waals surface area contributed by atoms with Crippen molar-refractivity contribution in [1.29, 1.82) is 0 Å². The van der Waals surface area contributed by atoms with E-state index >= 15 is 0 Å². The standard InChI is InChI=1S/C16H18N2O4S/c19-14-12(9-11-7-4-8-22-11)23-16(18-14)17-13(15(20)21)10-5-2-1-3-6-10/h4,7-10,13H,1-3,5-6H2,(H,20,21)(H,17,18,19)/b12-9+. The largest absolute Gasteiger partial charge is 0.480 e. The summed E-state index contributed by atoms with van der Waals surface area (Å²) in [6.45, 7) is 0. The third kappa shape index (κ3) is 3.85. The smallest absolute Gasteiger partial charge is 0.328 e. The molecular weight excluding hydrogens is 316 g/mol. The summed E-state index contributed by atoms with van der Waals surface area (Å²) >= 11 is 1.15. The summed E-state index contributed by atoms with van der Waals surface area (Å²) in [6, 6.07) is 2.70. The Kier molecular flexibility index (Phi) is 4.85. The van der Waals surface area contributed by atoms with Crippen LogP contribution in [0.3, 0.4) is 0 Å². The Morgan fingerprint density at radius 1 is 1.43 bits per heavy atom. The molecule has 3 rings (SSSR count). The summed E-state index contributed by atoms with van der Waals surface area (Å²) in [5.41, 5.74) is 0. The number of nitrogens with one attached hydrogen (secondary N) is 1. The number of carboxylic acids is 1. The molecule has 1 aromatic heterocycles. The van der Waals surface area contributed by atoms with Crippen LogP contribution >= 0.6 is 11.8 Å². The fourth-order valence-corrected chi connectivity index (χ4v) is 3.77. The number of hydrogen-bond donors (Lipinski definition) is 2. The topological polar surface area (TPSA) is 91.9 Å². The molecule has 2 N–H and O–H groups in total. The van der Waals surface area contributed by atoms with Crippen LogP contribution in [0.25, 0.3) is 6.08 Å². The molecule has 2 aliphatic rings. The molecule has 23 heavy (non-hydrogen) atoms. The molecule has 1 saturated carbocycles. The van der Waals surface area contributed by atoms with Crippen LogP contribution in [-0.2, 0) is 9.59 Å². The van der Waals surface area contributed by atoms with Gasteiger partial charge in [-0.05, 0) is 42.7 Å². The van der Waals surface area contributed by atoms with Gasteiger partial charge in [0.25, 0.3) is 5.91 Å². The molecule has 7 heteroatoms. The van der Waals surface area contributed by atoms with Gasteiger partial charge in [-0.2, -0.15) is 0 Å². The monoisotopic (exact) mass is 334 g/mol. The van der Waals surface area contributed by atoms with E-state index in [0.29, 0.717) is 15.8 Å². The molecule has 0 spiro atoms. The number of furan rings is 1. The van der Waals surface area contributed by atoms with Crippen molar-refractivity contribution >= 4 is 34.9 Å². The molecule has 6 nitrogen and oxygen atoms in total. The molecule has 0 bridgehead atoms. The summed E-state index contributed by atoms with van der Waals surface area (Å²) in [6.07, 6.45) is 8.15. The SMILES string of the molecule is O=C1NC(=NC(C(=O)O)C2CCCCC2)S/C1=C/c1ccco1. The number of rotatable bonds is 4. The Bertz CT molecular complexity index is 645. The molecule has 1 aromatic rings. The van der Waals surface area contributed by atoms with Crippen LogP contribution in [0.15, 0.2) is 32.7 Å². The first kappa shape index (κ1) is 15.9. The van der Waals surface area contributed by atoms with Gasteiger partial charge in [0.2, 0.25) is 0 Å². The van der Waals surface area contributed by atoms with E-state index in [1.165, 1.54) is 6.26 Å². The molecule has 0 radical (unpaired) electrons. The zero-order valence-corrected chi connectivity index (χ0v) is 13.3. The van der Waals surface area contributed by atoms with Gasteiger partial charge in [-0.1, -0.05) is 19.3 Å². The van der Waals surface area contributed by atoms with Crippen molar-refractivity contribution < 1.29 is 19.1 Å². The van der Waals surface area contributed by atoms with Crippen LogP contribution in [0.4, 0.5) is 0 Å². The highest BCUT2D eigenvalue weighted by Gasteiger charge is 2.32. The molecule has 1 aliphatic carbocycles. The second-order valence-electron chi connectivity index (χ2n) is 5.70. The summed E-state index contributed by atoms with van der Waals surface area (Å²) < 4.78 is 5.19. The number of amides is 1. The maximum Gasteiger partial charge on any atom is 0.328 e. The van der Waals surface area contributed by atoms with Gasteiger partial charge in [0.05, 0.1) is 11.2 Å². The number of amidine groups is 1. The van der Waals surface area contributed by atoms with Gasteiger partial charge in [-0.3, -0.25) is 4.79 Å². The van der Waals surface area contributed by atoms with Gasteiger partial charge >= 0.3 is 5.97 Å². The lowest BCUT2D eigenvalue weighted by molar-refractivity contribution is -0.140. The minimum atomic E-state index is -0.928. The first-order chi connectivity index (χ1) is 11.1. The summed E-state index contributed by atoms with van der Waals surface area (Å²) in [5, 5.41) is 12.5. The lowest BCUT2D eigenvalue weighted by Gasteiger charge is -2.25. The van der Waals surface area contributed by atoms with Gasteiger partial charge in [-0.25, -0.2) is 9.79 Å². The van der Waals surface area contributed by atoms with Gasteiger partial charge in [0.1, 0.15) is 5.76 Å². The second kappa shape index (κ2) is 7.04. The Morgan fingerprint density at radius 3 is 2.87 bits per heavy atom. The minimum Gasteiger partial charge on any atom is -0.480 e. The van der Waals surface area contributed by atoms with Crippen molar-refractivity contribution in [2.24, 2.45) is 10.9 Å². The van der Waals surface area contributed by atoms with E-state index in [4.69, 9.17) is 4.42 Å². The van der Waals surface area contributed by atoms with Gasteiger partial charge in [0, 0.05) is 6.08 Å². The Balaban J connectivity index is 1.76. The molecular formula is C16H18N2O4S. The molecule has 1 atom stereocenters. The minimum absolute atomic E-state index is 0.0457. The highest BCUT2D eigenvalue weighted by atomic mass is 32.2. The van der Waals surface area contributed by atoms with Gasteiger partial charge in [0.15, 0.2) is 11.2 Å². The lowest BCUT2D eigenvalue weighted by atomic mass is 9.84. The van der Waals surface area contributed by atoms with Gasteiger partial charge < -0.3 is 14.8 Å². The molecule has 2 heterocycles. The zero-order valence-electron chi connectivity index (χ0n) is 12.5. The first-order valence-electron chi connectivity index (χ1n) is 7.68. The second-order valence-corrected chi connectivity index (χ2v) is 6.73. The molecule has 1 saturated heterocycles. The third-order valence-corrected chi connectivity index (χ3v) is 5.00. The number of carboxylic acid groups (broad SMARTS) is 1. The molecule has 0 aromatic carbocycles. The van der Waals surface area contributed by atoms with Crippen molar-refractivity contribution in [3.05, 3.63) is 29.1 Å². The van der Waals surface area contributed by atoms with E-state index in [0.717, 1.165) is 43.9 Å². The van der Waals surface area contributed by atoms with E-state index in [-0.39, 0.29) is 11.8 Å². The summed E-state index contributed by atoms with van der Waals surface area (Å²) in [7, 11) is 0. The third-order valence-electron chi connectivity index (χ3n) is 4.07. The predicted octanol–water partition coefficient (Wildman–Crippen LogP) is 2.87. The normalized spacial score (nSPS) is 24.1. The number of carbonyl (C=O) groups is 2. The van der Waals surface area contributed by atoms with Crippen molar-refractivity contribution in [2.45, 2.75) is 38.1 Å². The molecule has 1 unspecified atom stereocenters. The molecule has 2 fully saturated rings. The van der Waals surface area contributed by atoms with E-state index in [1.807, 2.05) is 0 Å². The highest BCUT2D eigenvalue weighted by Crippen LogP contribution is 2.31. The summed E-state index contributed by atoms with van der Waals surface area (Å²) in [5.74, 6) is -0.587. The number of hydrogen-bond acceptors (Lipinski definition) is 5. The van der Waals surface area contributed by atoms with Crippen LogP contribution in [-0.4, -0.2) is 28.2 Å². The van der Waals surface area contributed by atoms with Crippen LogP contribution < -0.4 is 5.32 Å². The number of thioether (sulfide) groups is 1. The average molecular weight is 334 g/mol. The van der Waals surface area contributed by atoms with Crippen molar-refractivity contribution in [1.82, 2.24) is 5.32 Å². The average Bonchev–Trinajstić information content (AvgIpc) is 3.16. The number of aliphatic carboxylic acids is 1. The maximum atomic E-state index is 12.0. The Morgan fingerprint density at radius 2 is 2.22 bits per heavy atom. The number of aliphatic imine (C=N–C) groups is 1. The maximum absolute atomic E-state index is 12.0. The number of carbonyl (C=O) groups excluding carboxylic acids is 1. The quantitative estimate of drug-likeness (QED) is 0.826. The van der Waals surface area contributed by atoms with Crippen molar-refractivity contribution in [2.75, 3.05) is 0 Å². The van der Waals surface area contributed by atoms with Crippen LogP contribution in [0.5, 0.6) is 0 Å². The van der Waals surface area contributed by atoms with Crippen LogP contribution in [0.1, 0.15) is 37.9 Å². The molecule has 1 amide bonds. The predicted molar refractivity (Wildman–Crippen MR) is 87.9 cm³/mol. The summed E-state index contributed by atoms with van der Waals surface area (Å²) in [4.78, 5) is 28.3. The molecule has 1 aliphatic heterocycles. The van der Waals surface area contributed by atoms with E-state index in [2.05, 4.69) is 10.3 Å². The van der Waals surface area contributed by atoms with Crippen LogP contribution in [0.2, 0.25) is 0 Å². The van der Waals surface area contributed by atoms with Crippen LogP contribution in [0, 0.1) is 5.92 Å².